The molecular weight excluding hydrogens is 243 g/mol. The molecule has 2 N–H and O–H groups in total. The summed E-state index contributed by atoms with van der Waals surface area (Å²) in [5.41, 5.74) is 0.776. The number of piperidine rings is 3. The van der Waals surface area contributed by atoms with Crippen LogP contribution in [0, 0.1) is 11.7 Å². The topological polar surface area (TPSA) is 35.5 Å². The molecule has 2 unspecified atom stereocenters. The van der Waals surface area contributed by atoms with Crippen LogP contribution in [0.5, 0.6) is 5.75 Å². The molecule has 2 atom stereocenters. The molecule has 0 radical (unpaired) electrons. The van der Waals surface area contributed by atoms with Gasteiger partial charge >= 0.3 is 0 Å². The first kappa shape index (κ1) is 12.9. The molecule has 1 aromatic carbocycles. The van der Waals surface area contributed by atoms with Crippen molar-refractivity contribution in [2.24, 2.45) is 5.92 Å². The van der Waals surface area contributed by atoms with Gasteiger partial charge in [-0.2, -0.15) is 0 Å². The predicted octanol–water partition coefficient (Wildman–Crippen LogP) is 2.28. The van der Waals surface area contributed by atoms with E-state index in [0.717, 1.165) is 18.0 Å². The molecule has 0 aliphatic carbocycles. The molecule has 3 heterocycles. The van der Waals surface area contributed by atoms with E-state index in [1.807, 2.05) is 6.92 Å². The fourth-order valence-corrected chi connectivity index (χ4v) is 3.45. The van der Waals surface area contributed by atoms with Crippen molar-refractivity contribution in [2.45, 2.75) is 31.8 Å². The molecule has 2 bridgehead atoms. The fourth-order valence-electron chi connectivity index (χ4n) is 3.45. The molecule has 0 aromatic heterocycles. The highest BCUT2D eigenvalue weighted by Crippen LogP contribution is 2.31. The van der Waals surface area contributed by atoms with E-state index in [2.05, 4.69) is 10.2 Å². The number of benzene rings is 1. The Labute approximate surface area is 113 Å². The monoisotopic (exact) mass is 264 g/mol. The van der Waals surface area contributed by atoms with Crippen molar-refractivity contribution in [3.63, 3.8) is 0 Å². The quantitative estimate of drug-likeness (QED) is 0.879. The number of halogens is 1. The second kappa shape index (κ2) is 5.10. The van der Waals surface area contributed by atoms with Crippen molar-refractivity contribution in [3.8, 4) is 5.75 Å². The van der Waals surface area contributed by atoms with E-state index < -0.39 is 5.82 Å². The highest BCUT2D eigenvalue weighted by atomic mass is 19.1. The van der Waals surface area contributed by atoms with E-state index in [4.69, 9.17) is 0 Å². The zero-order chi connectivity index (χ0) is 13.4. The Hall–Kier alpha value is -1.13. The van der Waals surface area contributed by atoms with Crippen LogP contribution in [-0.4, -0.2) is 35.7 Å². The van der Waals surface area contributed by atoms with Gasteiger partial charge in [0.05, 0.1) is 0 Å². The second-order valence-electron chi connectivity index (χ2n) is 5.84. The lowest BCUT2D eigenvalue weighted by molar-refractivity contribution is 0.0679. The number of nitrogens with one attached hydrogen (secondary N) is 1. The first-order valence-corrected chi connectivity index (χ1v) is 7.10. The fraction of sp³-hybridized carbons (Fsp3) is 0.600. The number of phenols is 1. The summed E-state index contributed by atoms with van der Waals surface area (Å²) < 4.78 is 13.0. The first-order chi connectivity index (χ1) is 9.13. The maximum Gasteiger partial charge on any atom is 0.126 e. The zero-order valence-electron chi connectivity index (χ0n) is 11.3. The molecule has 1 aromatic rings. The number of phenolic OH excluding ortho intramolecular Hbond substituents is 1. The Morgan fingerprint density at radius 3 is 2.68 bits per heavy atom. The summed E-state index contributed by atoms with van der Waals surface area (Å²) in [6.45, 7) is 5.57. The first-order valence-electron chi connectivity index (χ1n) is 7.10. The van der Waals surface area contributed by atoms with Gasteiger partial charge in [-0.3, -0.25) is 0 Å². The normalized spacial score (nSPS) is 31.4. The molecule has 0 saturated carbocycles. The summed E-state index contributed by atoms with van der Waals surface area (Å²) in [5.74, 6) is 0.396. The van der Waals surface area contributed by atoms with Gasteiger partial charge in [0.2, 0.25) is 0 Å². The van der Waals surface area contributed by atoms with Crippen LogP contribution in [0.2, 0.25) is 0 Å². The summed E-state index contributed by atoms with van der Waals surface area (Å²) in [5, 5.41) is 13.4. The van der Waals surface area contributed by atoms with Gasteiger partial charge in [0.25, 0.3) is 0 Å². The second-order valence-corrected chi connectivity index (χ2v) is 5.84. The average molecular weight is 264 g/mol. The van der Waals surface area contributed by atoms with Crippen LogP contribution >= 0.6 is 0 Å². The number of nitrogens with zero attached hydrogens (tertiary/aromatic N) is 1. The Kier molecular flexibility index (Phi) is 3.46. The standard InChI is InChI=1S/C15H21FN2O/c1-10(13-3-2-12(16)8-15(13)19)17-14-9-18-6-4-11(14)5-7-18/h2-3,8,10-11,14,17,19H,4-7,9H2,1H3. The van der Waals surface area contributed by atoms with Gasteiger partial charge < -0.3 is 15.3 Å². The van der Waals surface area contributed by atoms with Crippen LogP contribution in [0.4, 0.5) is 4.39 Å². The summed E-state index contributed by atoms with van der Waals surface area (Å²) in [6, 6.07) is 4.80. The number of rotatable bonds is 3. The number of aromatic hydroxyl groups is 1. The van der Waals surface area contributed by atoms with Gasteiger partial charge in [0, 0.05) is 30.3 Å². The molecule has 3 aliphatic rings. The van der Waals surface area contributed by atoms with E-state index >= 15 is 0 Å². The molecule has 3 fully saturated rings. The van der Waals surface area contributed by atoms with Crippen molar-refractivity contribution in [2.75, 3.05) is 19.6 Å². The third-order valence-corrected chi connectivity index (χ3v) is 4.58. The number of hydrogen-bond acceptors (Lipinski definition) is 3. The molecule has 3 aliphatic heterocycles. The Bertz CT molecular complexity index is 457. The van der Waals surface area contributed by atoms with E-state index in [1.54, 1.807) is 6.07 Å². The Morgan fingerprint density at radius 1 is 1.37 bits per heavy atom. The van der Waals surface area contributed by atoms with Gasteiger partial charge in [-0.15, -0.1) is 0 Å². The van der Waals surface area contributed by atoms with Crippen molar-refractivity contribution >= 4 is 0 Å². The van der Waals surface area contributed by atoms with E-state index in [0.29, 0.717) is 6.04 Å². The number of hydrogen-bond donors (Lipinski definition) is 2. The van der Waals surface area contributed by atoms with Gasteiger partial charge in [0.15, 0.2) is 0 Å². The number of fused-ring (bicyclic) bond motifs is 3. The Balaban J connectivity index is 1.69. The average Bonchev–Trinajstić information content (AvgIpc) is 2.39. The van der Waals surface area contributed by atoms with Crippen LogP contribution in [0.3, 0.4) is 0 Å². The summed E-state index contributed by atoms with van der Waals surface area (Å²) in [6.07, 6.45) is 2.53. The minimum absolute atomic E-state index is 0.0428. The van der Waals surface area contributed by atoms with Gasteiger partial charge in [-0.25, -0.2) is 4.39 Å². The third kappa shape index (κ3) is 2.60. The lowest BCUT2D eigenvalue weighted by Crippen LogP contribution is -2.56. The van der Waals surface area contributed by atoms with Gasteiger partial charge in [-0.1, -0.05) is 6.07 Å². The molecule has 4 rings (SSSR count). The van der Waals surface area contributed by atoms with E-state index in [9.17, 15) is 9.50 Å². The van der Waals surface area contributed by atoms with Gasteiger partial charge in [0.1, 0.15) is 11.6 Å². The van der Waals surface area contributed by atoms with Crippen LogP contribution in [0.25, 0.3) is 0 Å². The minimum atomic E-state index is -0.392. The molecule has 4 heteroatoms. The van der Waals surface area contributed by atoms with E-state index in [1.165, 1.54) is 38.1 Å². The predicted molar refractivity (Wildman–Crippen MR) is 72.6 cm³/mol. The lowest BCUT2D eigenvalue weighted by atomic mass is 9.83. The van der Waals surface area contributed by atoms with E-state index in [-0.39, 0.29) is 11.8 Å². The van der Waals surface area contributed by atoms with Gasteiger partial charge in [-0.05, 0) is 44.8 Å². The van der Waals surface area contributed by atoms with Crippen LogP contribution < -0.4 is 5.32 Å². The summed E-state index contributed by atoms with van der Waals surface area (Å²) in [7, 11) is 0. The highest BCUT2D eigenvalue weighted by Gasteiger charge is 2.34. The molecule has 19 heavy (non-hydrogen) atoms. The molecule has 0 spiro atoms. The van der Waals surface area contributed by atoms with Crippen molar-refractivity contribution in [3.05, 3.63) is 29.6 Å². The molecular formula is C15H21FN2O. The smallest absolute Gasteiger partial charge is 0.126 e. The van der Waals surface area contributed by atoms with Crippen molar-refractivity contribution in [1.29, 1.82) is 0 Å². The van der Waals surface area contributed by atoms with Crippen LogP contribution in [0.15, 0.2) is 18.2 Å². The largest absolute Gasteiger partial charge is 0.508 e. The lowest BCUT2D eigenvalue weighted by Gasteiger charge is -2.46. The minimum Gasteiger partial charge on any atom is -0.508 e. The zero-order valence-corrected chi connectivity index (χ0v) is 11.3. The van der Waals surface area contributed by atoms with Crippen LogP contribution in [-0.2, 0) is 0 Å². The van der Waals surface area contributed by atoms with Crippen molar-refractivity contribution < 1.29 is 9.50 Å². The molecule has 3 nitrogen and oxygen atoms in total. The summed E-state index contributed by atoms with van der Waals surface area (Å²) >= 11 is 0. The maximum absolute atomic E-state index is 13.0. The Morgan fingerprint density at radius 2 is 2.11 bits per heavy atom. The highest BCUT2D eigenvalue weighted by molar-refractivity contribution is 5.35. The maximum atomic E-state index is 13.0. The van der Waals surface area contributed by atoms with Crippen molar-refractivity contribution in [1.82, 2.24) is 10.2 Å². The molecule has 104 valence electrons. The molecule has 3 saturated heterocycles. The third-order valence-electron chi connectivity index (χ3n) is 4.58. The molecule has 0 amide bonds. The summed E-state index contributed by atoms with van der Waals surface area (Å²) in [4.78, 5) is 2.49. The SMILES string of the molecule is CC(NC1CN2CCC1CC2)c1ccc(F)cc1O. The van der Waals surface area contributed by atoms with Crippen LogP contribution in [0.1, 0.15) is 31.4 Å².